The van der Waals surface area contributed by atoms with Gasteiger partial charge in [0.05, 0.1) is 24.5 Å². The van der Waals surface area contributed by atoms with Gasteiger partial charge in [-0.3, -0.25) is 14.6 Å². The molecule has 1 unspecified atom stereocenters. The molecule has 32 heavy (non-hydrogen) atoms. The molecule has 1 aliphatic heterocycles. The molecule has 162 valence electrons. The highest BCUT2D eigenvalue weighted by molar-refractivity contribution is 6.14. The van der Waals surface area contributed by atoms with Gasteiger partial charge in [0.15, 0.2) is 11.5 Å². The number of hydrogen-bond acceptors (Lipinski definition) is 6. The third kappa shape index (κ3) is 4.32. The number of rotatable bonds is 8. The van der Waals surface area contributed by atoms with Crippen molar-refractivity contribution in [3.05, 3.63) is 101 Å². The second-order valence-electron chi connectivity index (χ2n) is 7.18. The molecule has 7 heteroatoms. The highest BCUT2D eigenvalue weighted by Gasteiger charge is 2.43. The number of pyridine rings is 1. The van der Waals surface area contributed by atoms with Gasteiger partial charge < -0.3 is 19.2 Å². The Bertz CT molecular complexity index is 1170. The molecule has 1 amide bonds. The third-order valence-electron chi connectivity index (χ3n) is 5.07. The number of ketones is 1. The van der Waals surface area contributed by atoms with E-state index in [0.29, 0.717) is 23.7 Å². The van der Waals surface area contributed by atoms with E-state index < -0.39 is 23.5 Å². The molecule has 1 N–H and O–H groups in total. The van der Waals surface area contributed by atoms with Crippen LogP contribution in [0.2, 0.25) is 0 Å². The van der Waals surface area contributed by atoms with E-state index in [1.165, 1.54) is 23.3 Å². The van der Waals surface area contributed by atoms with Crippen LogP contribution >= 0.6 is 0 Å². The first-order valence-corrected chi connectivity index (χ1v) is 10.2. The molecule has 2 aromatic heterocycles. The molecule has 3 heterocycles. The molecule has 0 spiro atoms. The van der Waals surface area contributed by atoms with Gasteiger partial charge in [0.2, 0.25) is 0 Å². The lowest BCUT2D eigenvalue weighted by Crippen LogP contribution is -2.30. The van der Waals surface area contributed by atoms with Crippen LogP contribution in [0.3, 0.4) is 0 Å². The predicted molar refractivity (Wildman–Crippen MR) is 118 cm³/mol. The maximum absolute atomic E-state index is 13.1. The van der Waals surface area contributed by atoms with Crippen LogP contribution < -0.4 is 4.74 Å². The van der Waals surface area contributed by atoms with E-state index in [2.05, 4.69) is 4.98 Å². The van der Waals surface area contributed by atoms with Crippen LogP contribution in [0, 0.1) is 0 Å². The summed E-state index contributed by atoms with van der Waals surface area (Å²) in [5.74, 6) is -0.550. The van der Waals surface area contributed by atoms with Crippen molar-refractivity contribution < 1.29 is 23.8 Å². The van der Waals surface area contributed by atoms with Gasteiger partial charge >= 0.3 is 0 Å². The van der Waals surface area contributed by atoms with Crippen molar-refractivity contribution in [1.82, 2.24) is 9.88 Å². The first-order chi connectivity index (χ1) is 15.6. The minimum atomic E-state index is -0.781. The molecule has 7 nitrogen and oxygen atoms in total. The summed E-state index contributed by atoms with van der Waals surface area (Å²) in [5.41, 5.74) is 1.45. The molecular formula is C25H22N2O5. The number of carbonyl (C=O) groups is 2. The van der Waals surface area contributed by atoms with Crippen molar-refractivity contribution in [2.75, 3.05) is 6.61 Å². The van der Waals surface area contributed by atoms with Crippen molar-refractivity contribution in [1.29, 1.82) is 0 Å². The summed E-state index contributed by atoms with van der Waals surface area (Å²) in [6.07, 6.45) is 7.59. The minimum absolute atomic E-state index is 0.00958. The molecule has 1 aliphatic rings. The van der Waals surface area contributed by atoms with Gasteiger partial charge in [-0.25, -0.2) is 0 Å². The van der Waals surface area contributed by atoms with Crippen LogP contribution in [0.1, 0.15) is 29.9 Å². The molecule has 0 bridgehead atoms. The van der Waals surface area contributed by atoms with Crippen molar-refractivity contribution in [2.45, 2.75) is 19.5 Å². The third-order valence-corrected chi connectivity index (χ3v) is 5.07. The molecule has 0 fully saturated rings. The molecular weight excluding hydrogens is 408 g/mol. The van der Waals surface area contributed by atoms with Crippen molar-refractivity contribution in [2.24, 2.45) is 0 Å². The van der Waals surface area contributed by atoms with Crippen LogP contribution in [0.25, 0.3) is 6.08 Å². The maximum Gasteiger partial charge on any atom is 0.290 e. The lowest BCUT2D eigenvalue weighted by molar-refractivity contribution is -0.130. The first-order valence-electron chi connectivity index (χ1n) is 10.2. The summed E-state index contributed by atoms with van der Waals surface area (Å²) < 4.78 is 10.8. The average Bonchev–Trinajstić information content (AvgIpc) is 3.41. The van der Waals surface area contributed by atoms with Gasteiger partial charge in [-0.2, -0.15) is 0 Å². The van der Waals surface area contributed by atoms with Crippen LogP contribution in [0.4, 0.5) is 0 Å². The quantitative estimate of drug-likeness (QED) is 0.537. The lowest BCUT2D eigenvalue weighted by atomic mass is 9.95. The second kappa shape index (κ2) is 9.34. The molecule has 0 aliphatic carbocycles. The van der Waals surface area contributed by atoms with Gasteiger partial charge in [0, 0.05) is 18.9 Å². The number of furan rings is 1. The zero-order valence-corrected chi connectivity index (χ0v) is 17.5. The number of aliphatic hydroxyl groups excluding tert-OH is 1. The number of carbonyl (C=O) groups excluding carboxylic acids is 2. The van der Waals surface area contributed by atoms with E-state index >= 15 is 0 Å². The zero-order valence-electron chi connectivity index (χ0n) is 17.5. The molecule has 0 saturated heterocycles. The Morgan fingerprint density at radius 3 is 2.84 bits per heavy atom. The number of benzene rings is 1. The van der Waals surface area contributed by atoms with E-state index in [4.69, 9.17) is 9.15 Å². The van der Waals surface area contributed by atoms with Gasteiger partial charge in [0.1, 0.15) is 11.5 Å². The van der Waals surface area contributed by atoms with E-state index in [-0.39, 0.29) is 12.1 Å². The molecule has 3 aromatic rings. The van der Waals surface area contributed by atoms with Crippen LogP contribution in [-0.4, -0.2) is 33.3 Å². The summed E-state index contributed by atoms with van der Waals surface area (Å²) in [6.45, 7) is 2.53. The number of aromatic nitrogens is 1. The number of allylic oxidation sites excluding steroid dienone is 1. The van der Waals surface area contributed by atoms with Gasteiger partial charge in [-0.1, -0.05) is 18.2 Å². The van der Waals surface area contributed by atoms with E-state index in [0.717, 1.165) is 5.56 Å². The van der Waals surface area contributed by atoms with Crippen molar-refractivity contribution >= 4 is 17.8 Å². The van der Waals surface area contributed by atoms with E-state index in [1.54, 1.807) is 54.9 Å². The normalized spacial score (nSPS) is 16.2. The summed E-state index contributed by atoms with van der Waals surface area (Å²) in [6, 6.07) is 13.4. The Kier molecular flexibility index (Phi) is 6.17. The van der Waals surface area contributed by atoms with Crippen LogP contribution in [0.5, 0.6) is 5.75 Å². The maximum atomic E-state index is 13.1. The summed E-state index contributed by atoms with van der Waals surface area (Å²) >= 11 is 0. The second-order valence-corrected chi connectivity index (χ2v) is 7.18. The van der Waals surface area contributed by atoms with Crippen LogP contribution in [0.15, 0.2) is 89.0 Å². The first kappa shape index (κ1) is 21.1. The fraction of sp³-hybridized carbons (Fsp3) is 0.160. The Labute approximate surface area is 185 Å². The Morgan fingerprint density at radius 2 is 2.12 bits per heavy atom. The summed E-state index contributed by atoms with van der Waals surface area (Å²) in [7, 11) is 0. The molecule has 1 atom stereocenters. The zero-order chi connectivity index (χ0) is 22.5. The van der Waals surface area contributed by atoms with Crippen LogP contribution in [-0.2, 0) is 16.1 Å². The summed E-state index contributed by atoms with van der Waals surface area (Å²) in [5, 5.41) is 10.7. The number of amides is 1. The number of nitrogens with zero attached hydrogens (tertiary/aromatic N) is 2. The summed E-state index contributed by atoms with van der Waals surface area (Å²) in [4.78, 5) is 31.7. The predicted octanol–water partition coefficient (Wildman–Crippen LogP) is 4.25. The lowest BCUT2D eigenvalue weighted by Gasteiger charge is -2.27. The number of ether oxygens (including phenoxy) is 1. The minimum Gasteiger partial charge on any atom is -0.503 e. The largest absolute Gasteiger partial charge is 0.503 e. The monoisotopic (exact) mass is 430 g/mol. The molecule has 4 rings (SSSR count). The highest BCUT2D eigenvalue weighted by Crippen LogP contribution is 2.40. The smallest absolute Gasteiger partial charge is 0.290 e. The van der Waals surface area contributed by atoms with Gasteiger partial charge in [0.25, 0.3) is 5.91 Å². The van der Waals surface area contributed by atoms with E-state index in [1.807, 2.05) is 13.0 Å². The standard InChI is InChI=1S/C25H22N2O5/c1-2-31-20-8-3-7-18(14-20)23-22(21(28)11-10-19-9-5-13-32-19)24(29)25(30)27(23)16-17-6-4-12-26-15-17/h3-15,23,29H,2,16H2,1H3/b11-10+. The SMILES string of the molecule is CCOc1cccc(C2C(C(=O)/C=C/c3ccco3)=C(O)C(=O)N2Cc2cccnc2)c1. The molecule has 1 aromatic carbocycles. The Balaban J connectivity index is 1.74. The molecule has 0 saturated carbocycles. The number of aliphatic hydroxyl groups is 1. The average molecular weight is 430 g/mol. The Hall–Kier alpha value is -4.13. The topological polar surface area (TPSA) is 92.9 Å². The van der Waals surface area contributed by atoms with Crippen molar-refractivity contribution in [3.8, 4) is 5.75 Å². The highest BCUT2D eigenvalue weighted by atomic mass is 16.5. The molecule has 0 radical (unpaired) electrons. The Morgan fingerprint density at radius 1 is 1.25 bits per heavy atom. The van der Waals surface area contributed by atoms with Gasteiger partial charge in [-0.05, 0) is 60.5 Å². The fourth-order valence-corrected chi connectivity index (χ4v) is 3.68. The van der Waals surface area contributed by atoms with E-state index in [9.17, 15) is 14.7 Å². The fourth-order valence-electron chi connectivity index (χ4n) is 3.68. The van der Waals surface area contributed by atoms with Crippen molar-refractivity contribution in [3.63, 3.8) is 0 Å². The number of hydrogen-bond donors (Lipinski definition) is 1. The van der Waals surface area contributed by atoms with Gasteiger partial charge in [-0.15, -0.1) is 0 Å².